The van der Waals surface area contributed by atoms with Crippen LogP contribution < -0.4 is 5.32 Å². The van der Waals surface area contributed by atoms with Gasteiger partial charge in [0.05, 0.1) is 11.4 Å². The minimum Gasteiger partial charge on any atom is -0.359 e. The average Bonchev–Trinajstić information content (AvgIpc) is 2.93. The van der Waals surface area contributed by atoms with Gasteiger partial charge in [-0.05, 0) is 42.7 Å². The fraction of sp³-hybridized carbons (Fsp3) is 0.389. The van der Waals surface area contributed by atoms with Crippen molar-refractivity contribution in [3.63, 3.8) is 0 Å². The van der Waals surface area contributed by atoms with Crippen LogP contribution in [0.3, 0.4) is 0 Å². The molecule has 25 heavy (non-hydrogen) atoms. The molecule has 0 fully saturated rings. The number of rotatable bonds is 4. The number of carbonyl (C=O) groups is 1. The maximum Gasteiger partial charge on any atom is 0.243 e. The van der Waals surface area contributed by atoms with E-state index in [1.165, 1.54) is 4.31 Å². The second-order valence-corrected chi connectivity index (χ2v) is 8.45. The van der Waals surface area contributed by atoms with Gasteiger partial charge in [-0.25, -0.2) is 8.42 Å². The van der Waals surface area contributed by atoms with Crippen LogP contribution in [0.5, 0.6) is 0 Å². The highest BCUT2D eigenvalue weighted by atomic mass is 32.2. The van der Waals surface area contributed by atoms with Crippen molar-refractivity contribution in [2.24, 2.45) is 5.92 Å². The lowest BCUT2D eigenvalue weighted by atomic mass is 10.1. The minimum absolute atomic E-state index is 0.0755. The van der Waals surface area contributed by atoms with Gasteiger partial charge in [-0.1, -0.05) is 12.1 Å². The van der Waals surface area contributed by atoms with Crippen molar-refractivity contribution >= 4 is 15.9 Å². The summed E-state index contributed by atoms with van der Waals surface area (Å²) in [5, 5.41) is 2.63. The molecule has 0 unspecified atom stereocenters. The van der Waals surface area contributed by atoms with Crippen LogP contribution in [0.25, 0.3) is 0 Å². The van der Waals surface area contributed by atoms with Crippen molar-refractivity contribution in [2.75, 3.05) is 13.6 Å². The van der Waals surface area contributed by atoms with Crippen LogP contribution in [-0.4, -0.2) is 36.8 Å². The Kier molecular flexibility index (Phi) is 4.96. The summed E-state index contributed by atoms with van der Waals surface area (Å²) in [5.74, 6) is -0.151. The Morgan fingerprint density at radius 1 is 1.24 bits per heavy atom. The molecule has 0 saturated carbocycles. The Labute approximate surface area is 148 Å². The molecular weight excluding hydrogens is 338 g/mol. The number of benzene rings is 1. The maximum absolute atomic E-state index is 13.1. The number of aryl methyl sites for hydroxylation is 1. The number of hydrogen-bond donors (Lipinski definition) is 1. The van der Waals surface area contributed by atoms with Crippen molar-refractivity contribution in [2.45, 2.75) is 31.3 Å². The topological polar surface area (TPSA) is 71.4 Å². The van der Waals surface area contributed by atoms with Crippen LogP contribution in [0.2, 0.25) is 0 Å². The Balaban J connectivity index is 1.95. The van der Waals surface area contributed by atoms with E-state index in [2.05, 4.69) is 5.32 Å². The Morgan fingerprint density at radius 3 is 2.76 bits per heavy atom. The van der Waals surface area contributed by atoms with E-state index in [0.717, 1.165) is 11.3 Å². The number of amides is 1. The lowest BCUT2D eigenvalue weighted by Gasteiger charge is -2.23. The molecule has 1 aromatic carbocycles. The van der Waals surface area contributed by atoms with Crippen LogP contribution in [0.15, 0.2) is 47.5 Å². The highest BCUT2D eigenvalue weighted by Gasteiger charge is 2.31. The van der Waals surface area contributed by atoms with Gasteiger partial charge in [-0.2, -0.15) is 4.31 Å². The van der Waals surface area contributed by atoms with Gasteiger partial charge in [0.2, 0.25) is 15.9 Å². The molecule has 2 aromatic rings. The predicted octanol–water partition coefficient (Wildman–Crippen LogP) is 1.75. The van der Waals surface area contributed by atoms with Gasteiger partial charge < -0.3 is 9.88 Å². The molecule has 1 aliphatic rings. The summed E-state index contributed by atoms with van der Waals surface area (Å²) in [6.45, 7) is 3.15. The van der Waals surface area contributed by atoms with E-state index >= 15 is 0 Å². The van der Waals surface area contributed by atoms with Crippen molar-refractivity contribution in [3.05, 3.63) is 53.9 Å². The molecule has 1 atom stereocenters. The fourth-order valence-electron chi connectivity index (χ4n) is 3.24. The summed E-state index contributed by atoms with van der Waals surface area (Å²) < 4.78 is 29.8. The highest BCUT2D eigenvalue weighted by molar-refractivity contribution is 7.89. The summed E-state index contributed by atoms with van der Waals surface area (Å²) in [5.41, 5.74) is 1.84. The van der Waals surface area contributed by atoms with Gasteiger partial charge in [0.25, 0.3) is 0 Å². The zero-order chi connectivity index (χ0) is 18.0. The van der Waals surface area contributed by atoms with E-state index in [0.29, 0.717) is 31.0 Å². The van der Waals surface area contributed by atoms with Crippen molar-refractivity contribution < 1.29 is 13.2 Å². The highest BCUT2D eigenvalue weighted by Crippen LogP contribution is 2.25. The quantitative estimate of drug-likeness (QED) is 0.902. The predicted molar refractivity (Wildman–Crippen MR) is 95.4 cm³/mol. The van der Waals surface area contributed by atoms with Gasteiger partial charge in [0.15, 0.2) is 0 Å². The molecule has 0 spiro atoms. The van der Waals surface area contributed by atoms with E-state index in [1.54, 1.807) is 25.2 Å². The molecule has 1 aliphatic heterocycles. The fourth-order valence-corrected chi connectivity index (χ4v) is 4.83. The number of carbonyl (C=O) groups excluding carboxylic acids is 1. The zero-order valence-electron chi connectivity index (χ0n) is 14.5. The van der Waals surface area contributed by atoms with Gasteiger partial charge in [-0.15, -0.1) is 0 Å². The maximum atomic E-state index is 13.1. The number of aromatic nitrogens is 1. The first-order chi connectivity index (χ1) is 11.9. The van der Waals surface area contributed by atoms with E-state index in [9.17, 15) is 13.2 Å². The van der Waals surface area contributed by atoms with Crippen LogP contribution >= 0.6 is 0 Å². The number of sulfonamides is 1. The van der Waals surface area contributed by atoms with Crippen molar-refractivity contribution in [1.29, 1.82) is 0 Å². The third kappa shape index (κ3) is 3.77. The third-order valence-electron chi connectivity index (χ3n) is 4.56. The monoisotopic (exact) mass is 361 g/mol. The second-order valence-electron chi connectivity index (χ2n) is 6.51. The smallest absolute Gasteiger partial charge is 0.243 e. The molecule has 6 nitrogen and oxygen atoms in total. The summed E-state index contributed by atoms with van der Waals surface area (Å²) in [6, 6.07) is 10.8. The standard InChI is InChI=1S/C18H23N3O3S/c1-14-5-3-7-17(9-14)25(23,24)21-12-15(10-18(22)19-2)11-20-8-4-6-16(20)13-21/h3-9,15H,10-13H2,1-2H3,(H,19,22)/t15-/m0/s1. The third-order valence-corrected chi connectivity index (χ3v) is 6.37. The molecule has 1 amide bonds. The van der Waals surface area contributed by atoms with E-state index in [1.807, 2.05) is 35.9 Å². The van der Waals surface area contributed by atoms with E-state index in [4.69, 9.17) is 0 Å². The second kappa shape index (κ2) is 7.01. The largest absolute Gasteiger partial charge is 0.359 e. The molecule has 0 radical (unpaired) electrons. The number of nitrogens with one attached hydrogen (secondary N) is 1. The molecule has 2 heterocycles. The van der Waals surface area contributed by atoms with Gasteiger partial charge in [0, 0.05) is 38.4 Å². The molecular formula is C18H23N3O3S. The molecule has 0 bridgehead atoms. The normalized spacial score (nSPS) is 18.4. The lowest BCUT2D eigenvalue weighted by Crippen LogP contribution is -2.35. The molecule has 0 saturated heterocycles. The molecule has 1 N–H and O–H groups in total. The van der Waals surface area contributed by atoms with Gasteiger partial charge in [0.1, 0.15) is 0 Å². The number of fused-ring (bicyclic) bond motifs is 1. The van der Waals surface area contributed by atoms with Gasteiger partial charge >= 0.3 is 0 Å². The zero-order valence-corrected chi connectivity index (χ0v) is 15.3. The first-order valence-electron chi connectivity index (χ1n) is 8.31. The number of nitrogens with zero attached hydrogens (tertiary/aromatic N) is 2. The van der Waals surface area contributed by atoms with Gasteiger partial charge in [-0.3, -0.25) is 4.79 Å². The average molecular weight is 361 g/mol. The Morgan fingerprint density at radius 2 is 2.04 bits per heavy atom. The summed E-state index contributed by atoms with van der Waals surface area (Å²) in [4.78, 5) is 12.1. The molecule has 1 aromatic heterocycles. The van der Waals surface area contributed by atoms with Crippen LogP contribution in [0.4, 0.5) is 0 Å². The summed E-state index contributed by atoms with van der Waals surface area (Å²) >= 11 is 0. The molecule has 0 aliphatic carbocycles. The molecule has 7 heteroatoms. The lowest BCUT2D eigenvalue weighted by molar-refractivity contribution is -0.121. The van der Waals surface area contributed by atoms with Crippen LogP contribution in [-0.2, 0) is 27.9 Å². The van der Waals surface area contributed by atoms with E-state index in [-0.39, 0.29) is 11.8 Å². The minimum atomic E-state index is -3.62. The van der Waals surface area contributed by atoms with Crippen molar-refractivity contribution in [3.8, 4) is 0 Å². The summed E-state index contributed by atoms with van der Waals surface area (Å²) in [6.07, 6.45) is 2.24. The van der Waals surface area contributed by atoms with E-state index < -0.39 is 10.0 Å². The van der Waals surface area contributed by atoms with Crippen molar-refractivity contribution in [1.82, 2.24) is 14.2 Å². The molecule has 3 rings (SSSR count). The first-order valence-corrected chi connectivity index (χ1v) is 9.75. The SMILES string of the molecule is CNC(=O)C[C@@H]1CN(S(=O)(=O)c2cccc(C)c2)Cc2cccn2C1. The molecule has 134 valence electrons. The number of hydrogen-bond acceptors (Lipinski definition) is 3. The van der Waals surface area contributed by atoms with Crippen LogP contribution in [0.1, 0.15) is 17.7 Å². The van der Waals surface area contributed by atoms with Crippen LogP contribution in [0, 0.1) is 12.8 Å². The summed E-state index contributed by atoms with van der Waals surface area (Å²) in [7, 11) is -2.02. The Hall–Kier alpha value is -2.12. The Bertz CT molecular complexity index is 873. The first kappa shape index (κ1) is 17.7.